The van der Waals surface area contributed by atoms with Gasteiger partial charge in [0.15, 0.2) is 0 Å². The highest BCUT2D eigenvalue weighted by Crippen LogP contribution is 2.25. The van der Waals surface area contributed by atoms with Crippen molar-refractivity contribution in [3.63, 3.8) is 0 Å². The van der Waals surface area contributed by atoms with Crippen molar-refractivity contribution in [2.45, 2.75) is 6.42 Å². The van der Waals surface area contributed by atoms with Gasteiger partial charge in [0, 0.05) is 16.6 Å². The first-order chi connectivity index (χ1) is 10.3. The molecule has 2 heterocycles. The summed E-state index contributed by atoms with van der Waals surface area (Å²) in [5, 5.41) is 4.93. The summed E-state index contributed by atoms with van der Waals surface area (Å²) >= 11 is 1.59. The lowest BCUT2D eigenvalue weighted by Crippen LogP contribution is -2.14. The molecular formula is C17H14N2OS. The quantitative estimate of drug-likeness (QED) is 0.790. The van der Waals surface area contributed by atoms with Crippen LogP contribution in [-0.2, 0) is 11.2 Å². The van der Waals surface area contributed by atoms with Gasteiger partial charge in [-0.3, -0.25) is 9.78 Å². The Kier molecular flexibility index (Phi) is 4.07. The van der Waals surface area contributed by atoms with E-state index in [4.69, 9.17) is 0 Å². The molecule has 0 aliphatic carbocycles. The van der Waals surface area contributed by atoms with Crippen molar-refractivity contribution in [3.8, 4) is 11.3 Å². The van der Waals surface area contributed by atoms with E-state index in [1.54, 1.807) is 17.5 Å². The van der Waals surface area contributed by atoms with Crippen LogP contribution in [0.3, 0.4) is 0 Å². The number of aromatic nitrogens is 1. The Morgan fingerprint density at radius 1 is 1.05 bits per heavy atom. The van der Waals surface area contributed by atoms with Crippen LogP contribution in [0.4, 0.5) is 5.69 Å². The second-order valence-corrected chi connectivity index (χ2v) is 5.60. The number of anilines is 1. The second-order valence-electron chi connectivity index (χ2n) is 4.57. The zero-order chi connectivity index (χ0) is 14.5. The lowest BCUT2D eigenvalue weighted by molar-refractivity contribution is -0.115. The molecule has 4 heteroatoms. The molecule has 3 rings (SSSR count). The monoisotopic (exact) mass is 294 g/mol. The van der Waals surface area contributed by atoms with Gasteiger partial charge in [-0.15, -0.1) is 11.3 Å². The van der Waals surface area contributed by atoms with Gasteiger partial charge in [-0.2, -0.15) is 0 Å². The SMILES string of the molecule is O=C(Cc1cccs1)Nc1cccnc1-c1ccccc1. The van der Waals surface area contributed by atoms with Crippen molar-refractivity contribution in [3.05, 3.63) is 71.1 Å². The standard InChI is InChI=1S/C17H14N2OS/c20-16(12-14-8-5-11-21-14)19-15-9-4-10-18-17(15)13-6-2-1-3-7-13/h1-11H,12H2,(H,19,20). The third kappa shape index (κ3) is 3.35. The molecule has 3 nitrogen and oxygen atoms in total. The van der Waals surface area contributed by atoms with Crippen molar-refractivity contribution in [1.82, 2.24) is 4.98 Å². The molecule has 1 amide bonds. The Hall–Kier alpha value is -2.46. The molecule has 1 N–H and O–H groups in total. The molecule has 0 aliphatic rings. The fraction of sp³-hybridized carbons (Fsp3) is 0.0588. The summed E-state index contributed by atoms with van der Waals surface area (Å²) in [6.07, 6.45) is 2.12. The predicted molar refractivity (Wildman–Crippen MR) is 86.3 cm³/mol. The minimum atomic E-state index is -0.0253. The van der Waals surface area contributed by atoms with Gasteiger partial charge in [0.1, 0.15) is 0 Å². The van der Waals surface area contributed by atoms with Crippen molar-refractivity contribution in [2.75, 3.05) is 5.32 Å². The lowest BCUT2D eigenvalue weighted by atomic mass is 10.1. The number of rotatable bonds is 4. The fourth-order valence-electron chi connectivity index (χ4n) is 2.10. The van der Waals surface area contributed by atoms with Crippen LogP contribution in [-0.4, -0.2) is 10.9 Å². The first kappa shape index (κ1) is 13.5. The van der Waals surface area contributed by atoms with E-state index in [1.165, 1.54) is 0 Å². The second kappa shape index (κ2) is 6.33. The molecule has 2 aromatic heterocycles. The lowest BCUT2D eigenvalue weighted by Gasteiger charge is -2.09. The number of carbonyl (C=O) groups excluding carboxylic acids is 1. The largest absolute Gasteiger partial charge is 0.324 e. The molecule has 0 fully saturated rings. The molecule has 1 aromatic carbocycles. The van der Waals surface area contributed by atoms with Gasteiger partial charge in [0.25, 0.3) is 0 Å². The highest BCUT2D eigenvalue weighted by atomic mass is 32.1. The van der Waals surface area contributed by atoms with Gasteiger partial charge < -0.3 is 5.32 Å². The minimum absolute atomic E-state index is 0.0253. The number of hydrogen-bond donors (Lipinski definition) is 1. The molecule has 3 aromatic rings. The van der Waals surface area contributed by atoms with E-state index >= 15 is 0 Å². The first-order valence-electron chi connectivity index (χ1n) is 6.65. The van der Waals surface area contributed by atoms with Crippen LogP contribution in [0.5, 0.6) is 0 Å². The first-order valence-corrected chi connectivity index (χ1v) is 7.53. The predicted octanol–water partition coefficient (Wildman–Crippen LogP) is 3.99. The number of nitrogens with zero attached hydrogens (tertiary/aromatic N) is 1. The van der Waals surface area contributed by atoms with E-state index in [0.29, 0.717) is 6.42 Å². The Balaban J connectivity index is 1.81. The van der Waals surface area contributed by atoms with E-state index < -0.39 is 0 Å². The van der Waals surface area contributed by atoms with Gasteiger partial charge in [-0.1, -0.05) is 36.4 Å². The normalized spacial score (nSPS) is 10.3. The Bertz CT molecular complexity index is 724. The van der Waals surface area contributed by atoms with E-state index in [2.05, 4.69) is 10.3 Å². The molecule has 0 unspecified atom stereocenters. The van der Waals surface area contributed by atoms with Crippen molar-refractivity contribution in [1.29, 1.82) is 0 Å². The number of nitrogens with one attached hydrogen (secondary N) is 1. The van der Waals surface area contributed by atoms with Gasteiger partial charge in [-0.05, 0) is 23.6 Å². The van der Waals surface area contributed by atoms with Crippen LogP contribution < -0.4 is 5.32 Å². The van der Waals surface area contributed by atoms with Crippen LogP contribution in [0.2, 0.25) is 0 Å². The molecule has 21 heavy (non-hydrogen) atoms. The number of hydrogen-bond acceptors (Lipinski definition) is 3. The topological polar surface area (TPSA) is 42.0 Å². The Morgan fingerprint density at radius 3 is 2.67 bits per heavy atom. The third-order valence-electron chi connectivity index (χ3n) is 3.04. The zero-order valence-electron chi connectivity index (χ0n) is 11.3. The van der Waals surface area contributed by atoms with Gasteiger partial charge in [-0.25, -0.2) is 0 Å². The molecular weight excluding hydrogens is 280 g/mol. The van der Waals surface area contributed by atoms with Crippen LogP contribution in [0.1, 0.15) is 4.88 Å². The average Bonchev–Trinajstić information content (AvgIpc) is 3.01. The van der Waals surface area contributed by atoms with E-state index in [-0.39, 0.29) is 5.91 Å². The Labute approximate surface area is 127 Å². The summed E-state index contributed by atoms with van der Waals surface area (Å²) in [5.74, 6) is -0.0253. The van der Waals surface area contributed by atoms with E-state index in [0.717, 1.165) is 21.8 Å². The van der Waals surface area contributed by atoms with Gasteiger partial charge in [0.05, 0.1) is 17.8 Å². The number of pyridine rings is 1. The van der Waals surface area contributed by atoms with Crippen LogP contribution in [0.15, 0.2) is 66.2 Å². The molecule has 0 spiro atoms. The van der Waals surface area contributed by atoms with Crippen molar-refractivity contribution in [2.24, 2.45) is 0 Å². The van der Waals surface area contributed by atoms with Gasteiger partial charge in [0.2, 0.25) is 5.91 Å². The number of thiophene rings is 1. The van der Waals surface area contributed by atoms with Crippen LogP contribution >= 0.6 is 11.3 Å². The summed E-state index contributed by atoms with van der Waals surface area (Å²) in [4.78, 5) is 17.6. The number of carbonyl (C=O) groups is 1. The summed E-state index contributed by atoms with van der Waals surface area (Å²) in [6, 6.07) is 17.5. The molecule has 0 saturated heterocycles. The highest BCUT2D eigenvalue weighted by molar-refractivity contribution is 7.10. The smallest absolute Gasteiger partial charge is 0.229 e. The fourth-order valence-corrected chi connectivity index (χ4v) is 2.80. The van der Waals surface area contributed by atoms with Crippen LogP contribution in [0, 0.1) is 0 Å². The summed E-state index contributed by atoms with van der Waals surface area (Å²) in [6.45, 7) is 0. The maximum atomic E-state index is 12.1. The van der Waals surface area contributed by atoms with Crippen molar-refractivity contribution >= 4 is 22.9 Å². The number of amides is 1. The Morgan fingerprint density at radius 2 is 1.90 bits per heavy atom. The summed E-state index contributed by atoms with van der Waals surface area (Å²) in [5.41, 5.74) is 2.52. The number of benzene rings is 1. The highest BCUT2D eigenvalue weighted by Gasteiger charge is 2.10. The molecule has 0 radical (unpaired) electrons. The molecule has 0 saturated carbocycles. The molecule has 104 valence electrons. The van der Waals surface area contributed by atoms with Crippen LogP contribution in [0.25, 0.3) is 11.3 Å². The maximum Gasteiger partial charge on any atom is 0.229 e. The van der Waals surface area contributed by atoms with Crippen molar-refractivity contribution < 1.29 is 4.79 Å². The maximum absolute atomic E-state index is 12.1. The third-order valence-corrected chi connectivity index (χ3v) is 3.92. The molecule has 0 aliphatic heterocycles. The summed E-state index contributed by atoms with van der Waals surface area (Å²) < 4.78 is 0. The molecule has 0 atom stereocenters. The zero-order valence-corrected chi connectivity index (χ0v) is 12.1. The average molecular weight is 294 g/mol. The van der Waals surface area contributed by atoms with E-state index in [1.807, 2.05) is 60.0 Å². The van der Waals surface area contributed by atoms with E-state index in [9.17, 15) is 4.79 Å². The van der Waals surface area contributed by atoms with Gasteiger partial charge >= 0.3 is 0 Å². The summed E-state index contributed by atoms with van der Waals surface area (Å²) in [7, 11) is 0. The molecule has 0 bridgehead atoms. The minimum Gasteiger partial charge on any atom is -0.324 e.